The highest BCUT2D eigenvalue weighted by atomic mass is 35.5. The molecule has 1 aliphatic heterocycles. The van der Waals surface area contributed by atoms with Crippen LogP contribution in [0.2, 0.25) is 5.02 Å². The Morgan fingerprint density at radius 1 is 1.00 bits per heavy atom. The van der Waals surface area contributed by atoms with Crippen molar-refractivity contribution in [2.24, 2.45) is 5.18 Å². The highest BCUT2D eigenvalue weighted by Crippen LogP contribution is 2.36. The fourth-order valence-corrected chi connectivity index (χ4v) is 4.18. The van der Waals surface area contributed by atoms with Crippen molar-refractivity contribution in [2.45, 2.75) is 37.1 Å². The van der Waals surface area contributed by atoms with Crippen LogP contribution in [0.25, 0.3) is 10.9 Å². The molecule has 7 nitrogen and oxygen atoms in total. The Kier molecular flexibility index (Phi) is 5.67. The maximum Gasteiger partial charge on any atom is 0.163 e. The zero-order chi connectivity index (χ0) is 20.5. The fraction of sp³-hybridized carbons (Fsp3) is 0.333. The number of nitrogens with zero attached hydrogens (tertiary/aromatic N) is 2. The molecule has 2 aromatic carbocycles. The van der Waals surface area contributed by atoms with Gasteiger partial charge in [-0.25, -0.2) is 0 Å². The highest BCUT2D eigenvalue weighted by molar-refractivity contribution is 6.35. The number of halogens is 1. The van der Waals surface area contributed by atoms with Crippen molar-refractivity contribution in [2.75, 3.05) is 6.54 Å². The van der Waals surface area contributed by atoms with Crippen LogP contribution in [0.4, 0.5) is 0 Å². The Bertz CT molecular complexity index is 1010. The van der Waals surface area contributed by atoms with E-state index in [1.807, 2.05) is 42.6 Å². The molecule has 0 spiro atoms. The summed E-state index contributed by atoms with van der Waals surface area (Å²) in [5, 5.41) is 35.1. The van der Waals surface area contributed by atoms with Crippen LogP contribution in [0.15, 0.2) is 59.9 Å². The highest BCUT2D eigenvalue weighted by Gasteiger charge is 2.45. The molecule has 0 aliphatic carbocycles. The van der Waals surface area contributed by atoms with Crippen LogP contribution >= 0.6 is 11.6 Å². The van der Waals surface area contributed by atoms with Gasteiger partial charge in [-0.15, -0.1) is 0 Å². The molecule has 0 bridgehead atoms. The van der Waals surface area contributed by atoms with Gasteiger partial charge in [0.15, 0.2) is 6.23 Å². The molecule has 5 atom stereocenters. The third-order valence-corrected chi connectivity index (χ3v) is 5.65. The summed E-state index contributed by atoms with van der Waals surface area (Å²) in [6.45, 7) is -0.335. The van der Waals surface area contributed by atoms with Crippen LogP contribution in [0, 0.1) is 4.91 Å². The summed E-state index contributed by atoms with van der Waals surface area (Å²) < 4.78 is 7.48. The number of ether oxygens (including phenoxy) is 1. The first-order valence-electron chi connectivity index (χ1n) is 9.32. The quantitative estimate of drug-likeness (QED) is 0.554. The van der Waals surface area contributed by atoms with Gasteiger partial charge in [-0.2, -0.15) is 4.91 Å². The predicted molar refractivity (Wildman–Crippen MR) is 109 cm³/mol. The second-order valence-electron chi connectivity index (χ2n) is 7.21. The van der Waals surface area contributed by atoms with Gasteiger partial charge in [-0.05, 0) is 29.7 Å². The number of aliphatic hydroxyl groups excluding tert-OH is 3. The molecule has 29 heavy (non-hydrogen) atoms. The molecule has 152 valence electrons. The molecule has 1 aromatic heterocycles. The average molecular weight is 417 g/mol. The first kappa shape index (κ1) is 20.0. The van der Waals surface area contributed by atoms with E-state index in [4.69, 9.17) is 16.3 Å². The summed E-state index contributed by atoms with van der Waals surface area (Å²) in [5.41, 5.74) is 2.74. The smallest absolute Gasteiger partial charge is 0.163 e. The predicted octanol–water partition coefficient (Wildman–Crippen LogP) is 2.63. The minimum Gasteiger partial charge on any atom is -0.388 e. The standard InChI is InChI=1S/C21H21ClN2O5/c22-14-7-4-8-15-17(14)13(9-12-5-2-1-3-6-12)11-24(15)21-20(27)19(26)18(25)16(29-21)10-23-28/h1-8,11,16,18-21,25-27H,9-10H2/t16-,18-,19+,20-,21-/m1/s1. The van der Waals surface area contributed by atoms with Crippen molar-refractivity contribution in [1.29, 1.82) is 0 Å². The summed E-state index contributed by atoms with van der Waals surface area (Å²) in [6, 6.07) is 15.3. The number of fused-ring (bicyclic) bond motifs is 1. The zero-order valence-electron chi connectivity index (χ0n) is 15.4. The van der Waals surface area contributed by atoms with Crippen LogP contribution in [-0.4, -0.2) is 50.8 Å². The van der Waals surface area contributed by atoms with Gasteiger partial charge < -0.3 is 24.6 Å². The topological polar surface area (TPSA) is 104 Å². The summed E-state index contributed by atoms with van der Waals surface area (Å²) >= 11 is 6.48. The van der Waals surface area contributed by atoms with Crippen molar-refractivity contribution in [3.8, 4) is 0 Å². The molecule has 3 aromatic rings. The molecule has 3 N–H and O–H groups in total. The maximum absolute atomic E-state index is 10.7. The van der Waals surface area contributed by atoms with Crippen LogP contribution in [0.5, 0.6) is 0 Å². The van der Waals surface area contributed by atoms with E-state index < -0.39 is 30.6 Å². The second-order valence-corrected chi connectivity index (χ2v) is 7.61. The van der Waals surface area contributed by atoms with E-state index in [0.717, 1.165) is 16.5 Å². The third-order valence-electron chi connectivity index (χ3n) is 5.34. The Morgan fingerprint density at radius 2 is 1.76 bits per heavy atom. The molecular formula is C21H21ClN2O5. The van der Waals surface area contributed by atoms with Crippen molar-refractivity contribution in [3.63, 3.8) is 0 Å². The van der Waals surface area contributed by atoms with Crippen LogP contribution in [0.1, 0.15) is 17.4 Å². The largest absolute Gasteiger partial charge is 0.388 e. The number of aliphatic hydroxyl groups is 3. The van der Waals surface area contributed by atoms with Crippen LogP contribution in [0.3, 0.4) is 0 Å². The summed E-state index contributed by atoms with van der Waals surface area (Å²) in [4.78, 5) is 10.7. The normalized spacial score (nSPS) is 27.2. The van der Waals surface area contributed by atoms with Crippen molar-refractivity contribution in [3.05, 3.63) is 75.8 Å². The molecule has 8 heteroatoms. The molecule has 0 amide bonds. The van der Waals surface area contributed by atoms with Gasteiger partial charge in [0.25, 0.3) is 0 Å². The van der Waals surface area contributed by atoms with E-state index >= 15 is 0 Å². The van der Waals surface area contributed by atoms with Gasteiger partial charge in [-0.1, -0.05) is 53.2 Å². The molecule has 4 rings (SSSR count). The van der Waals surface area contributed by atoms with Crippen molar-refractivity contribution < 1.29 is 20.1 Å². The fourth-order valence-electron chi connectivity index (χ4n) is 3.89. The Labute approximate surface area is 172 Å². The number of aromatic nitrogens is 1. The number of rotatable bonds is 5. The van der Waals surface area contributed by atoms with Crippen molar-refractivity contribution >= 4 is 22.5 Å². The van der Waals surface area contributed by atoms with Gasteiger partial charge in [0.2, 0.25) is 0 Å². The first-order chi connectivity index (χ1) is 14.0. The molecule has 1 aliphatic rings. The van der Waals surface area contributed by atoms with Gasteiger partial charge in [0.1, 0.15) is 31.0 Å². The van der Waals surface area contributed by atoms with E-state index in [-0.39, 0.29) is 6.54 Å². The zero-order valence-corrected chi connectivity index (χ0v) is 16.2. The van der Waals surface area contributed by atoms with E-state index in [2.05, 4.69) is 5.18 Å². The lowest BCUT2D eigenvalue weighted by Gasteiger charge is -2.40. The lowest BCUT2D eigenvalue weighted by Crippen LogP contribution is -2.56. The SMILES string of the molecule is O=NC[C@H]1O[C@@H](n2cc(Cc3ccccc3)c3c(Cl)cccc32)[C@H](O)[C@@H](O)[C@@H]1O. The molecule has 0 radical (unpaired) electrons. The molecule has 1 saturated heterocycles. The van der Waals surface area contributed by atoms with Gasteiger partial charge in [0, 0.05) is 11.6 Å². The summed E-state index contributed by atoms with van der Waals surface area (Å²) in [6.07, 6.45) is -3.88. The minimum absolute atomic E-state index is 0.335. The Morgan fingerprint density at radius 3 is 2.48 bits per heavy atom. The monoisotopic (exact) mass is 416 g/mol. The van der Waals surface area contributed by atoms with Gasteiger partial charge >= 0.3 is 0 Å². The van der Waals surface area contributed by atoms with E-state index in [1.54, 1.807) is 16.7 Å². The lowest BCUT2D eigenvalue weighted by molar-refractivity contribution is -0.240. The first-order valence-corrected chi connectivity index (χ1v) is 9.69. The minimum atomic E-state index is -1.48. The maximum atomic E-state index is 10.7. The lowest BCUT2D eigenvalue weighted by atomic mass is 9.98. The van der Waals surface area contributed by atoms with Crippen LogP contribution in [-0.2, 0) is 11.2 Å². The average Bonchev–Trinajstić information content (AvgIpc) is 3.09. The number of nitroso groups, excluding NO2 is 1. The van der Waals surface area contributed by atoms with E-state index in [1.165, 1.54) is 0 Å². The van der Waals surface area contributed by atoms with Crippen LogP contribution < -0.4 is 0 Å². The number of hydrogen-bond acceptors (Lipinski definition) is 6. The summed E-state index contributed by atoms with van der Waals surface area (Å²) in [7, 11) is 0. The van der Waals surface area contributed by atoms with Gasteiger partial charge in [0.05, 0.1) is 10.5 Å². The molecular weight excluding hydrogens is 396 g/mol. The van der Waals surface area contributed by atoms with Gasteiger partial charge in [-0.3, -0.25) is 0 Å². The van der Waals surface area contributed by atoms with E-state index in [0.29, 0.717) is 17.0 Å². The number of benzene rings is 2. The number of hydrogen-bond donors (Lipinski definition) is 3. The third kappa shape index (κ3) is 3.68. The Hall–Kier alpha value is -2.29. The molecule has 1 fully saturated rings. The van der Waals surface area contributed by atoms with E-state index in [9.17, 15) is 20.2 Å². The Balaban J connectivity index is 1.79. The van der Waals surface area contributed by atoms with Crippen molar-refractivity contribution in [1.82, 2.24) is 4.57 Å². The molecule has 0 unspecified atom stereocenters. The molecule has 0 saturated carbocycles. The second kappa shape index (κ2) is 8.22. The molecule has 2 heterocycles. The summed E-state index contributed by atoms with van der Waals surface area (Å²) in [5.74, 6) is 0.